The minimum atomic E-state index is -0.178. The highest BCUT2D eigenvalue weighted by atomic mass is 16.1. The zero-order valence-electron chi connectivity index (χ0n) is 10.2. The van der Waals surface area contributed by atoms with Gasteiger partial charge in [-0.1, -0.05) is 6.92 Å². The van der Waals surface area contributed by atoms with Gasteiger partial charge in [-0.25, -0.2) is 0 Å². The van der Waals surface area contributed by atoms with Crippen LogP contribution in [0.1, 0.15) is 30.8 Å². The third-order valence-corrected chi connectivity index (χ3v) is 3.06. The van der Waals surface area contributed by atoms with Crippen molar-refractivity contribution in [3.8, 4) is 0 Å². The molecule has 17 heavy (non-hydrogen) atoms. The van der Waals surface area contributed by atoms with Gasteiger partial charge in [-0.2, -0.15) is 0 Å². The normalized spacial score (nSPS) is 22.0. The molecule has 1 aromatic rings. The van der Waals surface area contributed by atoms with E-state index in [9.17, 15) is 4.79 Å². The molecule has 0 spiro atoms. The van der Waals surface area contributed by atoms with Gasteiger partial charge in [0.15, 0.2) is 5.69 Å². The summed E-state index contributed by atoms with van der Waals surface area (Å²) in [5.74, 6) is 2.14. The van der Waals surface area contributed by atoms with Crippen LogP contribution in [0.2, 0.25) is 0 Å². The summed E-state index contributed by atoms with van der Waals surface area (Å²) >= 11 is 0. The molecule has 2 atom stereocenters. The van der Waals surface area contributed by atoms with Crippen LogP contribution in [0.3, 0.4) is 0 Å². The van der Waals surface area contributed by atoms with E-state index < -0.39 is 0 Å². The molecule has 92 valence electrons. The van der Waals surface area contributed by atoms with E-state index >= 15 is 0 Å². The molecule has 1 amide bonds. The maximum absolute atomic E-state index is 11.4. The minimum Gasteiger partial charge on any atom is -0.368 e. The Bertz CT molecular complexity index is 390. The average molecular weight is 234 g/mol. The van der Waals surface area contributed by atoms with Gasteiger partial charge < -0.3 is 10.6 Å². The van der Waals surface area contributed by atoms with E-state index in [1.165, 1.54) is 6.42 Å². The number of carbonyl (C=O) groups is 1. The molecule has 0 saturated heterocycles. The minimum absolute atomic E-state index is 0.178. The average Bonchev–Trinajstić information content (AvgIpc) is 3.04. The van der Waals surface area contributed by atoms with Crippen LogP contribution >= 0.6 is 0 Å². The van der Waals surface area contributed by atoms with Gasteiger partial charge in [0.1, 0.15) is 5.82 Å². The number of rotatable bonds is 5. The lowest BCUT2D eigenvalue weighted by atomic mass is 10.3. The van der Waals surface area contributed by atoms with Crippen LogP contribution in [-0.4, -0.2) is 29.2 Å². The first-order valence-corrected chi connectivity index (χ1v) is 6.06. The van der Waals surface area contributed by atoms with E-state index in [2.05, 4.69) is 27.8 Å². The van der Waals surface area contributed by atoms with Crippen LogP contribution in [0.5, 0.6) is 0 Å². The van der Waals surface area contributed by atoms with Crippen molar-refractivity contribution in [2.45, 2.75) is 20.3 Å². The molecular formula is C12H18N4O. The number of anilines is 1. The summed E-state index contributed by atoms with van der Waals surface area (Å²) in [6.45, 7) is 5.66. The number of nitrogens with one attached hydrogen (secondary N) is 2. The smallest absolute Gasteiger partial charge is 0.271 e. The van der Waals surface area contributed by atoms with Gasteiger partial charge in [0, 0.05) is 13.1 Å². The van der Waals surface area contributed by atoms with Gasteiger partial charge >= 0.3 is 0 Å². The highest BCUT2D eigenvalue weighted by molar-refractivity contribution is 5.92. The highest BCUT2D eigenvalue weighted by Crippen LogP contribution is 2.37. The summed E-state index contributed by atoms with van der Waals surface area (Å²) in [7, 11) is 0. The molecule has 0 aliphatic heterocycles. The standard InChI is InChI=1S/C12H18N4O/c1-3-13-12(17)10-4-5-11(16-15-10)14-7-9-6-8(9)2/h4-5,8-9H,3,6-7H2,1-2H3,(H,13,17)(H,14,16). The lowest BCUT2D eigenvalue weighted by Crippen LogP contribution is -2.24. The molecule has 0 radical (unpaired) electrons. The first kappa shape index (κ1) is 11.8. The van der Waals surface area contributed by atoms with Crippen molar-refractivity contribution in [3.63, 3.8) is 0 Å². The zero-order chi connectivity index (χ0) is 12.3. The first-order chi connectivity index (χ1) is 8.20. The number of carbonyl (C=O) groups excluding carboxylic acids is 1. The van der Waals surface area contributed by atoms with Crippen molar-refractivity contribution < 1.29 is 4.79 Å². The second-order valence-electron chi connectivity index (χ2n) is 4.52. The highest BCUT2D eigenvalue weighted by Gasteiger charge is 2.31. The Morgan fingerprint density at radius 2 is 2.24 bits per heavy atom. The summed E-state index contributed by atoms with van der Waals surface area (Å²) in [6, 6.07) is 3.49. The molecule has 2 N–H and O–H groups in total. The quantitative estimate of drug-likeness (QED) is 0.805. The van der Waals surface area contributed by atoms with Crippen LogP contribution < -0.4 is 10.6 Å². The van der Waals surface area contributed by atoms with E-state index in [-0.39, 0.29) is 5.91 Å². The van der Waals surface area contributed by atoms with Gasteiger partial charge in [-0.3, -0.25) is 4.79 Å². The maximum atomic E-state index is 11.4. The summed E-state index contributed by atoms with van der Waals surface area (Å²) in [6.07, 6.45) is 1.29. The fourth-order valence-electron chi connectivity index (χ4n) is 1.72. The van der Waals surface area contributed by atoms with Crippen molar-refractivity contribution in [2.75, 3.05) is 18.4 Å². The summed E-state index contributed by atoms with van der Waals surface area (Å²) in [5.41, 5.74) is 0.359. The van der Waals surface area contributed by atoms with Gasteiger partial charge in [0.2, 0.25) is 0 Å². The molecule has 0 aromatic carbocycles. The third-order valence-electron chi connectivity index (χ3n) is 3.06. The van der Waals surface area contributed by atoms with E-state index in [1.54, 1.807) is 12.1 Å². The third kappa shape index (κ3) is 3.15. The van der Waals surface area contributed by atoms with Gasteiger partial charge in [-0.15, -0.1) is 10.2 Å². The van der Waals surface area contributed by atoms with Crippen molar-refractivity contribution in [3.05, 3.63) is 17.8 Å². The van der Waals surface area contributed by atoms with E-state index in [4.69, 9.17) is 0 Å². The Hall–Kier alpha value is -1.65. The molecule has 1 saturated carbocycles. The molecule has 2 unspecified atom stereocenters. The zero-order valence-corrected chi connectivity index (χ0v) is 10.2. The predicted molar refractivity (Wildman–Crippen MR) is 65.8 cm³/mol. The van der Waals surface area contributed by atoms with Crippen molar-refractivity contribution in [2.24, 2.45) is 11.8 Å². The van der Waals surface area contributed by atoms with Crippen molar-refractivity contribution >= 4 is 11.7 Å². The number of amides is 1. The predicted octanol–water partition coefficient (Wildman–Crippen LogP) is 1.29. The molecule has 0 bridgehead atoms. The first-order valence-electron chi connectivity index (χ1n) is 6.06. The second kappa shape index (κ2) is 5.12. The van der Waals surface area contributed by atoms with Gasteiger partial charge in [-0.05, 0) is 37.3 Å². The molecule has 1 heterocycles. The molecular weight excluding hydrogens is 216 g/mol. The van der Waals surface area contributed by atoms with Gasteiger partial charge in [0.25, 0.3) is 5.91 Å². The lowest BCUT2D eigenvalue weighted by Gasteiger charge is -2.04. The molecule has 1 aliphatic rings. The Balaban J connectivity index is 1.86. The maximum Gasteiger partial charge on any atom is 0.271 e. The number of aromatic nitrogens is 2. The Morgan fingerprint density at radius 1 is 1.47 bits per heavy atom. The van der Waals surface area contributed by atoms with Crippen LogP contribution in [0.15, 0.2) is 12.1 Å². The Kier molecular flexibility index (Phi) is 3.56. The van der Waals surface area contributed by atoms with E-state index in [1.807, 2.05) is 6.92 Å². The van der Waals surface area contributed by atoms with Crippen LogP contribution in [0.4, 0.5) is 5.82 Å². The largest absolute Gasteiger partial charge is 0.368 e. The fourth-order valence-corrected chi connectivity index (χ4v) is 1.72. The van der Waals surface area contributed by atoms with Crippen molar-refractivity contribution in [1.82, 2.24) is 15.5 Å². The monoisotopic (exact) mass is 234 g/mol. The lowest BCUT2D eigenvalue weighted by molar-refractivity contribution is 0.0950. The van der Waals surface area contributed by atoms with E-state index in [0.29, 0.717) is 12.2 Å². The van der Waals surface area contributed by atoms with E-state index in [0.717, 1.165) is 24.2 Å². The molecule has 5 nitrogen and oxygen atoms in total. The summed E-state index contributed by atoms with van der Waals surface area (Å²) < 4.78 is 0. The van der Waals surface area contributed by atoms with Crippen LogP contribution in [-0.2, 0) is 0 Å². The molecule has 1 aromatic heterocycles. The number of hydrogen-bond donors (Lipinski definition) is 2. The summed E-state index contributed by atoms with van der Waals surface area (Å²) in [5, 5.41) is 13.8. The van der Waals surface area contributed by atoms with Gasteiger partial charge in [0.05, 0.1) is 0 Å². The van der Waals surface area contributed by atoms with Crippen molar-refractivity contribution in [1.29, 1.82) is 0 Å². The topological polar surface area (TPSA) is 66.9 Å². The number of nitrogens with zero attached hydrogens (tertiary/aromatic N) is 2. The van der Waals surface area contributed by atoms with Crippen LogP contribution in [0, 0.1) is 11.8 Å². The summed E-state index contributed by atoms with van der Waals surface area (Å²) in [4.78, 5) is 11.4. The molecule has 1 fully saturated rings. The Labute approximate surface area is 101 Å². The molecule has 5 heteroatoms. The molecule has 1 aliphatic carbocycles. The SMILES string of the molecule is CCNC(=O)c1ccc(NCC2CC2C)nn1. The Morgan fingerprint density at radius 3 is 2.76 bits per heavy atom. The second-order valence-corrected chi connectivity index (χ2v) is 4.52. The molecule has 2 rings (SSSR count). The number of hydrogen-bond acceptors (Lipinski definition) is 4. The fraction of sp³-hybridized carbons (Fsp3) is 0.583. The van der Waals surface area contributed by atoms with Crippen LogP contribution in [0.25, 0.3) is 0 Å².